The normalized spacial score (nSPS) is 11.0. The summed E-state index contributed by atoms with van der Waals surface area (Å²) in [7, 11) is 1.68. The maximum Gasteiger partial charge on any atom is 0.127 e. The predicted molar refractivity (Wildman–Crippen MR) is 95.3 cm³/mol. The van der Waals surface area contributed by atoms with Crippen molar-refractivity contribution in [1.29, 1.82) is 0 Å². The third kappa shape index (κ3) is 3.67. The molecule has 3 aromatic rings. The Labute approximate surface area is 137 Å². The van der Waals surface area contributed by atoms with Crippen molar-refractivity contribution in [2.75, 3.05) is 7.11 Å². The van der Waals surface area contributed by atoms with Crippen molar-refractivity contribution in [3.8, 4) is 5.75 Å². The van der Waals surface area contributed by atoms with Gasteiger partial charge in [-0.15, -0.1) is 0 Å². The molecule has 0 aliphatic rings. The summed E-state index contributed by atoms with van der Waals surface area (Å²) in [5, 5.41) is 0. The van der Waals surface area contributed by atoms with Gasteiger partial charge in [0.15, 0.2) is 0 Å². The summed E-state index contributed by atoms with van der Waals surface area (Å²) in [4.78, 5) is 4.84. The van der Waals surface area contributed by atoms with Crippen molar-refractivity contribution in [3.05, 3.63) is 102 Å². The van der Waals surface area contributed by atoms with Crippen LogP contribution in [0.3, 0.4) is 0 Å². The van der Waals surface area contributed by atoms with E-state index in [4.69, 9.17) is 9.73 Å². The van der Waals surface area contributed by atoms with Crippen LogP contribution in [0.4, 0.5) is 0 Å². The first-order valence-electron chi connectivity index (χ1n) is 7.64. The number of para-hydroxylation sites is 1. The number of rotatable bonds is 5. The number of hydrogen-bond acceptors (Lipinski definition) is 2. The molecule has 23 heavy (non-hydrogen) atoms. The fourth-order valence-electron chi connectivity index (χ4n) is 2.56. The van der Waals surface area contributed by atoms with E-state index in [9.17, 15) is 0 Å². The smallest absolute Gasteiger partial charge is 0.127 e. The molecule has 114 valence electrons. The average molecular weight is 301 g/mol. The molecule has 0 N–H and O–H groups in total. The molecule has 0 atom stereocenters. The molecule has 0 fully saturated rings. The number of benzene rings is 3. The average Bonchev–Trinajstić information content (AvgIpc) is 2.64. The summed E-state index contributed by atoms with van der Waals surface area (Å²) in [6.45, 7) is 0. The van der Waals surface area contributed by atoms with Crippen molar-refractivity contribution in [2.24, 2.45) is 4.99 Å². The maximum absolute atomic E-state index is 5.40. The molecular formula is C21H19NO. The Morgan fingerprint density at radius 3 is 1.83 bits per heavy atom. The zero-order valence-electron chi connectivity index (χ0n) is 13.1. The molecule has 0 saturated heterocycles. The first-order chi connectivity index (χ1) is 11.4. The van der Waals surface area contributed by atoms with E-state index in [-0.39, 0.29) is 6.04 Å². The summed E-state index contributed by atoms with van der Waals surface area (Å²) in [5.74, 6) is 0.830. The molecule has 0 radical (unpaired) electrons. The Morgan fingerprint density at radius 1 is 0.739 bits per heavy atom. The van der Waals surface area contributed by atoms with Crippen LogP contribution < -0.4 is 4.74 Å². The second kappa shape index (κ2) is 7.41. The van der Waals surface area contributed by atoms with Crippen molar-refractivity contribution >= 4 is 6.21 Å². The molecule has 0 spiro atoms. The summed E-state index contributed by atoms with van der Waals surface area (Å²) >= 11 is 0. The summed E-state index contributed by atoms with van der Waals surface area (Å²) in [6.07, 6.45) is 1.89. The first-order valence-corrected chi connectivity index (χ1v) is 7.64. The van der Waals surface area contributed by atoms with Gasteiger partial charge in [0.1, 0.15) is 5.75 Å². The quantitative estimate of drug-likeness (QED) is 0.614. The van der Waals surface area contributed by atoms with Crippen molar-refractivity contribution in [3.63, 3.8) is 0 Å². The maximum atomic E-state index is 5.40. The molecule has 3 rings (SSSR count). The highest BCUT2D eigenvalue weighted by atomic mass is 16.5. The summed E-state index contributed by atoms with van der Waals surface area (Å²) in [5.41, 5.74) is 3.32. The van der Waals surface area contributed by atoms with Gasteiger partial charge in [-0.1, -0.05) is 72.8 Å². The van der Waals surface area contributed by atoms with Crippen LogP contribution >= 0.6 is 0 Å². The van der Waals surface area contributed by atoms with E-state index in [2.05, 4.69) is 24.3 Å². The fourth-order valence-corrected chi connectivity index (χ4v) is 2.56. The minimum atomic E-state index is -0.0256. The van der Waals surface area contributed by atoms with E-state index in [0.717, 1.165) is 11.3 Å². The Kier molecular flexibility index (Phi) is 4.85. The fraction of sp³-hybridized carbons (Fsp3) is 0.0952. The van der Waals surface area contributed by atoms with E-state index in [0.29, 0.717) is 0 Å². The Hall–Kier alpha value is -2.87. The molecule has 2 nitrogen and oxygen atoms in total. The minimum Gasteiger partial charge on any atom is -0.496 e. The number of nitrogens with zero attached hydrogens (tertiary/aromatic N) is 1. The van der Waals surface area contributed by atoms with E-state index >= 15 is 0 Å². The van der Waals surface area contributed by atoms with E-state index in [1.165, 1.54) is 11.1 Å². The standard InChI is InChI=1S/C21H19NO/c1-23-20-15-9-8-14-19(20)16-22-21(17-10-4-2-5-11-17)18-12-6-3-7-13-18/h2-16,21H,1H3/b22-16+. The lowest BCUT2D eigenvalue weighted by Gasteiger charge is -2.14. The monoisotopic (exact) mass is 301 g/mol. The molecular weight excluding hydrogens is 282 g/mol. The molecule has 3 aromatic carbocycles. The molecule has 2 heteroatoms. The molecule has 0 saturated carbocycles. The molecule has 0 heterocycles. The highest BCUT2D eigenvalue weighted by Crippen LogP contribution is 2.26. The zero-order valence-corrected chi connectivity index (χ0v) is 13.1. The van der Waals surface area contributed by atoms with E-state index < -0.39 is 0 Å². The van der Waals surface area contributed by atoms with Crippen LogP contribution in [0.15, 0.2) is 89.9 Å². The topological polar surface area (TPSA) is 21.6 Å². The lowest BCUT2D eigenvalue weighted by molar-refractivity contribution is 0.414. The van der Waals surface area contributed by atoms with Gasteiger partial charge >= 0.3 is 0 Å². The van der Waals surface area contributed by atoms with Crippen molar-refractivity contribution < 1.29 is 4.74 Å². The lowest BCUT2D eigenvalue weighted by atomic mass is 9.99. The lowest BCUT2D eigenvalue weighted by Crippen LogP contribution is -1.99. The van der Waals surface area contributed by atoms with Gasteiger partial charge in [-0.3, -0.25) is 4.99 Å². The van der Waals surface area contributed by atoms with Gasteiger partial charge in [0.25, 0.3) is 0 Å². The Morgan fingerprint density at radius 2 is 1.26 bits per heavy atom. The van der Waals surface area contributed by atoms with Crippen molar-refractivity contribution in [1.82, 2.24) is 0 Å². The Balaban J connectivity index is 1.98. The largest absolute Gasteiger partial charge is 0.496 e. The highest BCUT2D eigenvalue weighted by Gasteiger charge is 2.11. The van der Waals surface area contributed by atoms with Gasteiger partial charge in [-0.25, -0.2) is 0 Å². The van der Waals surface area contributed by atoms with E-state index in [1.807, 2.05) is 66.9 Å². The number of hydrogen-bond donors (Lipinski definition) is 0. The van der Waals surface area contributed by atoms with Crippen LogP contribution in [0, 0.1) is 0 Å². The van der Waals surface area contributed by atoms with Crippen LogP contribution in [0.25, 0.3) is 0 Å². The summed E-state index contributed by atoms with van der Waals surface area (Å²) < 4.78 is 5.40. The molecule has 0 aromatic heterocycles. The van der Waals surface area contributed by atoms with Gasteiger partial charge in [0.2, 0.25) is 0 Å². The van der Waals surface area contributed by atoms with Crippen LogP contribution in [-0.2, 0) is 0 Å². The van der Waals surface area contributed by atoms with Gasteiger partial charge in [0, 0.05) is 11.8 Å². The summed E-state index contributed by atoms with van der Waals surface area (Å²) in [6, 6.07) is 28.5. The SMILES string of the molecule is COc1ccccc1/C=N/C(c1ccccc1)c1ccccc1. The molecule has 0 aliphatic heterocycles. The van der Waals surface area contributed by atoms with Gasteiger partial charge in [-0.05, 0) is 23.3 Å². The zero-order chi connectivity index (χ0) is 15.9. The van der Waals surface area contributed by atoms with Gasteiger partial charge in [0.05, 0.1) is 13.2 Å². The number of methoxy groups -OCH3 is 1. The van der Waals surface area contributed by atoms with Crippen molar-refractivity contribution in [2.45, 2.75) is 6.04 Å². The van der Waals surface area contributed by atoms with Crippen LogP contribution in [0.2, 0.25) is 0 Å². The third-order valence-electron chi connectivity index (χ3n) is 3.73. The molecule has 0 aliphatic carbocycles. The van der Waals surface area contributed by atoms with Crippen LogP contribution in [0.1, 0.15) is 22.7 Å². The number of ether oxygens (including phenoxy) is 1. The number of aliphatic imine (C=N–C) groups is 1. The van der Waals surface area contributed by atoms with Gasteiger partial charge in [-0.2, -0.15) is 0 Å². The van der Waals surface area contributed by atoms with Crippen LogP contribution in [0.5, 0.6) is 5.75 Å². The molecule has 0 unspecified atom stereocenters. The predicted octanol–water partition coefficient (Wildman–Crippen LogP) is 4.90. The first kappa shape index (κ1) is 15.0. The Bertz CT molecular complexity index is 727. The second-order valence-electron chi connectivity index (χ2n) is 5.24. The minimum absolute atomic E-state index is 0.0256. The van der Waals surface area contributed by atoms with Crippen LogP contribution in [-0.4, -0.2) is 13.3 Å². The third-order valence-corrected chi connectivity index (χ3v) is 3.73. The highest BCUT2D eigenvalue weighted by molar-refractivity contribution is 5.83. The molecule has 0 bridgehead atoms. The second-order valence-corrected chi connectivity index (χ2v) is 5.24. The van der Waals surface area contributed by atoms with E-state index in [1.54, 1.807) is 7.11 Å². The van der Waals surface area contributed by atoms with Gasteiger partial charge < -0.3 is 4.74 Å². The molecule has 0 amide bonds.